The molecule has 2 rings (SSSR count). The van der Waals surface area contributed by atoms with Crippen LogP contribution < -0.4 is 5.32 Å². The van der Waals surface area contributed by atoms with Crippen LogP contribution >= 0.6 is 15.9 Å². The smallest absolute Gasteiger partial charge is 0.0219 e. The SMILES string of the molecule is CCC1(Cc2ccc(Br)cc2)CCCCCN1. The largest absolute Gasteiger partial charge is 0.311 e. The molecule has 17 heavy (non-hydrogen) atoms. The van der Waals surface area contributed by atoms with Crippen LogP contribution in [-0.4, -0.2) is 12.1 Å². The van der Waals surface area contributed by atoms with Crippen LogP contribution in [0.4, 0.5) is 0 Å². The Kier molecular flexibility index (Phi) is 4.63. The summed E-state index contributed by atoms with van der Waals surface area (Å²) in [5.41, 5.74) is 1.79. The van der Waals surface area contributed by atoms with Crippen molar-refractivity contribution < 1.29 is 0 Å². The Bertz CT molecular complexity index is 336. The standard InChI is InChI=1S/C15H22BrN/c1-2-15(10-4-3-5-11-17-15)12-13-6-8-14(16)9-7-13/h6-9,17H,2-5,10-12H2,1H3. The van der Waals surface area contributed by atoms with Gasteiger partial charge in [0.25, 0.3) is 0 Å². The van der Waals surface area contributed by atoms with Gasteiger partial charge in [0.1, 0.15) is 0 Å². The first-order valence-corrected chi connectivity index (χ1v) is 7.53. The van der Waals surface area contributed by atoms with Gasteiger partial charge in [0, 0.05) is 10.0 Å². The summed E-state index contributed by atoms with van der Waals surface area (Å²) in [6, 6.07) is 8.78. The van der Waals surface area contributed by atoms with Gasteiger partial charge in [0.05, 0.1) is 0 Å². The second kappa shape index (κ2) is 6.01. The summed E-state index contributed by atoms with van der Waals surface area (Å²) >= 11 is 3.50. The van der Waals surface area contributed by atoms with Gasteiger partial charge in [0.15, 0.2) is 0 Å². The van der Waals surface area contributed by atoms with Gasteiger partial charge in [-0.3, -0.25) is 0 Å². The molecule has 0 spiro atoms. The summed E-state index contributed by atoms with van der Waals surface area (Å²) in [4.78, 5) is 0. The lowest BCUT2D eigenvalue weighted by atomic mass is 9.84. The molecule has 1 aromatic rings. The van der Waals surface area contributed by atoms with Crippen LogP contribution in [0.5, 0.6) is 0 Å². The average molecular weight is 296 g/mol. The molecule has 1 fully saturated rings. The van der Waals surface area contributed by atoms with E-state index in [1.807, 2.05) is 0 Å². The zero-order chi connectivity index (χ0) is 12.1. The van der Waals surface area contributed by atoms with Gasteiger partial charge in [-0.1, -0.05) is 47.8 Å². The highest BCUT2D eigenvalue weighted by molar-refractivity contribution is 9.10. The first-order chi connectivity index (χ1) is 8.24. The molecule has 1 N–H and O–H groups in total. The second-order valence-electron chi connectivity index (χ2n) is 5.17. The van der Waals surface area contributed by atoms with E-state index < -0.39 is 0 Å². The molecule has 1 aliphatic heterocycles. The Balaban J connectivity index is 2.09. The van der Waals surface area contributed by atoms with Crippen molar-refractivity contribution in [1.29, 1.82) is 0 Å². The van der Waals surface area contributed by atoms with E-state index in [1.165, 1.54) is 48.7 Å². The number of rotatable bonds is 3. The van der Waals surface area contributed by atoms with Crippen LogP contribution in [-0.2, 0) is 6.42 Å². The zero-order valence-electron chi connectivity index (χ0n) is 10.6. The third-order valence-electron chi connectivity index (χ3n) is 3.96. The van der Waals surface area contributed by atoms with Gasteiger partial charge in [-0.25, -0.2) is 0 Å². The Morgan fingerprint density at radius 3 is 2.65 bits per heavy atom. The maximum atomic E-state index is 3.80. The highest BCUT2D eigenvalue weighted by atomic mass is 79.9. The fraction of sp³-hybridized carbons (Fsp3) is 0.600. The molecular formula is C15H22BrN. The molecule has 1 heterocycles. The number of nitrogens with one attached hydrogen (secondary N) is 1. The summed E-state index contributed by atoms with van der Waals surface area (Å²) in [6.07, 6.45) is 7.80. The molecule has 1 saturated heterocycles. The molecule has 1 aromatic carbocycles. The van der Waals surface area contributed by atoms with E-state index in [9.17, 15) is 0 Å². The molecule has 0 radical (unpaired) electrons. The van der Waals surface area contributed by atoms with E-state index in [0.29, 0.717) is 5.54 Å². The van der Waals surface area contributed by atoms with Crippen molar-refractivity contribution in [2.24, 2.45) is 0 Å². The molecule has 2 heteroatoms. The first kappa shape index (κ1) is 13.1. The lowest BCUT2D eigenvalue weighted by Crippen LogP contribution is -2.46. The van der Waals surface area contributed by atoms with Gasteiger partial charge in [-0.2, -0.15) is 0 Å². The first-order valence-electron chi connectivity index (χ1n) is 6.74. The fourth-order valence-corrected chi connectivity index (χ4v) is 3.04. The van der Waals surface area contributed by atoms with Crippen LogP contribution in [0.3, 0.4) is 0 Å². The lowest BCUT2D eigenvalue weighted by molar-refractivity contribution is 0.302. The van der Waals surface area contributed by atoms with E-state index in [1.54, 1.807) is 0 Å². The summed E-state index contributed by atoms with van der Waals surface area (Å²) in [5, 5.41) is 3.80. The van der Waals surface area contributed by atoms with Gasteiger partial charge < -0.3 is 5.32 Å². The maximum Gasteiger partial charge on any atom is 0.0219 e. The molecule has 1 aliphatic rings. The number of hydrogen-bond donors (Lipinski definition) is 1. The average Bonchev–Trinajstić information content (AvgIpc) is 2.58. The van der Waals surface area contributed by atoms with Crippen molar-refractivity contribution >= 4 is 15.9 Å². The summed E-state index contributed by atoms with van der Waals surface area (Å²) in [5.74, 6) is 0. The molecule has 1 unspecified atom stereocenters. The molecule has 0 saturated carbocycles. The molecule has 0 aliphatic carbocycles. The van der Waals surface area contributed by atoms with Gasteiger partial charge in [-0.05, 0) is 49.9 Å². The van der Waals surface area contributed by atoms with Crippen molar-refractivity contribution in [2.45, 2.75) is 51.0 Å². The third-order valence-corrected chi connectivity index (χ3v) is 4.49. The van der Waals surface area contributed by atoms with Crippen molar-refractivity contribution in [3.05, 3.63) is 34.3 Å². The monoisotopic (exact) mass is 295 g/mol. The zero-order valence-corrected chi connectivity index (χ0v) is 12.2. The maximum absolute atomic E-state index is 3.80. The number of halogens is 1. The molecule has 0 aromatic heterocycles. The minimum absolute atomic E-state index is 0.338. The van der Waals surface area contributed by atoms with E-state index in [4.69, 9.17) is 0 Å². The lowest BCUT2D eigenvalue weighted by Gasteiger charge is -2.33. The fourth-order valence-electron chi connectivity index (χ4n) is 2.78. The van der Waals surface area contributed by atoms with Crippen LogP contribution in [0.25, 0.3) is 0 Å². The van der Waals surface area contributed by atoms with Crippen LogP contribution in [0.2, 0.25) is 0 Å². The van der Waals surface area contributed by atoms with Crippen molar-refractivity contribution in [3.63, 3.8) is 0 Å². The predicted octanol–water partition coefficient (Wildman–Crippen LogP) is 4.30. The Morgan fingerprint density at radius 1 is 1.18 bits per heavy atom. The second-order valence-corrected chi connectivity index (χ2v) is 6.09. The topological polar surface area (TPSA) is 12.0 Å². The third kappa shape index (κ3) is 3.56. The molecule has 1 nitrogen and oxygen atoms in total. The highest BCUT2D eigenvalue weighted by Gasteiger charge is 2.28. The molecule has 0 amide bonds. The predicted molar refractivity (Wildman–Crippen MR) is 77.3 cm³/mol. The number of hydrogen-bond acceptors (Lipinski definition) is 1. The Hall–Kier alpha value is -0.340. The summed E-state index contributed by atoms with van der Waals surface area (Å²) in [7, 11) is 0. The van der Waals surface area contributed by atoms with E-state index in [-0.39, 0.29) is 0 Å². The Labute approximate surface area is 113 Å². The minimum atomic E-state index is 0.338. The van der Waals surface area contributed by atoms with Crippen molar-refractivity contribution in [1.82, 2.24) is 5.32 Å². The van der Waals surface area contributed by atoms with Crippen LogP contribution in [0.15, 0.2) is 28.7 Å². The Morgan fingerprint density at radius 2 is 1.94 bits per heavy atom. The molecule has 1 atom stereocenters. The molecule has 94 valence electrons. The van der Waals surface area contributed by atoms with Gasteiger partial charge >= 0.3 is 0 Å². The molecular weight excluding hydrogens is 274 g/mol. The summed E-state index contributed by atoms with van der Waals surface area (Å²) < 4.78 is 1.17. The van der Waals surface area contributed by atoms with Gasteiger partial charge in [-0.15, -0.1) is 0 Å². The minimum Gasteiger partial charge on any atom is -0.311 e. The quantitative estimate of drug-likeness (QED) is 0.876. The van der Waals surface area contributed by atoms with E-state index in [2.05, 4.69) is 52.4 Å². The highest BCUT2D eigenvalue weighted by Crippen LogP contribution is 2.27. The normalized spacial score (nSPS) is 25.5. The van der Waals surface area contributed by atoms with Crippen molar-refractivity contribution in [3.8, 4) is 0 Å². The van der Waals surface area contributed by atoms with Gasteiger partial charge in [0.2, 0.25) is 0 Å². The number of benzene rings is 1. The van der Waals surface area contributed by atoms with Crippen molar-refractivity contribution in [2.75, 3.05) is 6.54 Å². The van der Waals surface area contributed by atoms with Crippen LogP contribution in [0.1, 0.15) is 44.6 Å². The van der Waals surface area contributed by atoms with E-state index >= 15 is 0 Å². The molecule has 0 bridgehead atoms. The van der Waals surface area contributed by atoms with E-state index in [0.717, 1.165) is 6.42 Å². The van der Waals surface area contributed by atoms with Crippen LogP contribution in [0, 0.1) is 0 Å². The summed E-state index contributed by atoms with van der Waals surface area (Å²) in [6.45, 7) is 3.50.